The van der Waals surface area contributed by atoms with Crippen LogP contribution in [0.2, 0.25) is 10.0 Å². The number of ketones is 1. The minimum absolute atomic E-state index is 0.00851. The summed E-state index contributed by atoms with van der Waals surface area (Å²) in [6, 6.07) is 7.61. The third-order valence-electron chi connectivity index (χ3n) is 4.35. The predicted octanol–water partition coefficient (Wildman–Crippen LogP) is 4.41. The second-order valence-corrected chi connectivity index (χ2v) is 7.06. The number of benzene rings is 1. The Morgan fingerprint density at radius 2 is 1.70 bits per heavy atom. The molecule has 0 N–H and O–H groups in total. The van der Waals surface area contributed by atoms with E-state index in [-0.39, 0.29) is 17.4 Å². The van der Waals surface area contributed by atoms with Crippen LogP contribution in [0.1, 0.15) is 15.9 Å². The third-order valence-corrected chi connectivity index (χ3v) is 4.88. The number of hydrogen-bond acceptors (Lipinski definition) is 4. The molecule has 1 aromatic carbocycles. The molecule has 1 aromatic heterocycles. The summed E-state index contributed by atoms with van der Waals surface area (Å²) >= 11 is 11.8. The van der Waals surface area contributed by atoms with Crippen LogP contribution in [0.3, 0.4) is 0 Å². The molecule has 9 heteroatoms. The van der Waals surface area contributed by atoms with Gasteiger partial charge in [-0.1, -0.05) is 23.2 Å². The first-order valence-corrected chi connectivity index (χ1v) is 8.98. The fourth-order valence-corrected chi connectivity index (χ4v) is 3.28. The number of hydrogen-bond donors (Lipinski definition) is 0. The van der Waals surface area contributed by atoms with Gasteiger partial charge in [-0.25, -0.2) is 4.98 Å². The Morgan fingerprint density at radius 1 is 1.07 bits per heavy atom. The zero-order valence-corrected chi connectivity index (χ0v) is 15.7. The van der Waals surface area contributed by atoms with Crippen molar-refractivity contribution in [2.45, 2.75) is 6.18 Å². The predicted molar refractivity (Wildman–Crippen MR) is 98.7 cm³/mol. The molecule has 1 fully saturated rings. The average Bonchev–Trinajstić information content (AvgIpc) is 2.62. The van der Waals surface area contributed by atoms with Crippen molar-refractivity contribution >= 4 is 34.8 Å². The van der Waals surface area contributed by atoms with Gasteiger partial charge in [0.2, 0.25) is 0 Å². The standard InChI is InChI=1S/C18H16Cl2F3N3O/c19-14-3-1-12(2-4-14)16(27)11-25-5-7-26(8-6-25)17-15(20)9-13(10-24-17)18(21,22)23/h1-4,9-10H,5-8,11H2. The largest absolute Gasteiger partial charge is 0.417 e. The van der Waals surface area contributed by atoms with E-state index in [4.69, 9.17) is 23.2 Å². The van der Waals surface area contributed by atoms with Gasteiger partial charge in [0, 0.05) is 43.0 Å². The van der Waals surface area contributed by atoms with Crippen LogP contribution in [0, 0.1) is 0 Å². The molecule has 144 valence electrons. The minimum atomic E-state index is -4.48. The van der Waals surface area contributed by atoms with E-state index in [2.05, 4.69) is 4.98 Å². The van der Waals surface area contributed by atoms with Crippen molar-refractivity contribution in [3.8, 4) is 0 Å². The maximum atomic E-state index is 12.7. The number of carbonyl (C=O) groups excluding carboxylic acids is 1. The first-order chi connectivity index (χ1) is 12.7. The number of piperazine rings is 1. The van der Waals surface area contributed by atoms with Crippen LogP contribution in [0.15, 0.2) is 36.5 Å². The molecule has 2 aromatic rings. The molecule has 0 spiro atoms. The number of aromatic nitrogens is 1. The Bertz CT molecular complexity index is 820. The summed E-state index contributed by atoms with van der Waals surface area (Å²) < 4.78 is 38.2. The van der Waals surface area contributed by atoms with Gasteiger partial charge in [-0.2, -0.15) is 13.2 Å². The van der Waals surface area contributed by atoms with Gasteiger partial charge in [-0.05, 0) is 30.3 Å². The molecular weight excluding hydrogens is 402 g/mol. The summed E-state index contributed by atoms with van der Waals surface area (Å²) in [4.78, 5) is 20.0. The van der Waals surface area contributed by atoms with E-state index in [0.29, 0.717) is 42.6 Å². The molecule has 1 aliphatic heterocycles. The number of rotatable bonds is 4. The lowest BCUT2D eigenvalue weighted by Crippen LogP contribution is -2.48. The molecule has 0 unspecified atom stereocenters. The van der Waals surface area contributed by atoms with E-state index in [1.807, 2.05) is 9.80 Å². The maximum absolute atomic E-state index is 12.7. The van der Waals surface area contributed by atoms with Crippen LogP contribution in [0.4, 0.5) is 19.0 Å². The molecule has 0 bridgehead atoms. The monoisotopic (exact) mass is 417 g/mol. The Labute approximate surface area is 164 Å². The van der Waals surface area contributed by atoms with Crippen LogP contribution in [-0.4, -0.2) is 48.4 Å². The Hall–Kier alpha value is -1.83. The van der Waals surface area contributed by atoms with Gasteiger partial charge in [-0.3, -0.25) is 9.69 Å². The van der Waals surface area contributed by atoms with E-state index in [0.717, 1.165) is 12.3 Å². The maximum Gasteiger partial charge on any atom is 0.417 e. The molecule has 0 atom stereocenters. The molecule has 27 heavy (non-hydrogen) atoms. The molecule has 2 heterocycles. The van der Waals surface area contributed by atoms with E-state index < -0.39 is 11.7 Å². The highest BCUT2D eigenvalue weighted by molar-refractivity contribution is 6.33. The van der Waals surface area contributed by atoms with E-state index >= 15 is 0 Å². The Balaban J connectivity index is 1.59. The lowest BCUT2D eigenvalue weighted by atomic mass is 10.1. The van der Waals surface area contributed by atoms with Crippen molar-refractivity contribution in [1.82, 2.24) is 9.88 Å². The summed E-state index contributed by atoms with van der Waals surface area (Å²) in [5.41, 5.74) is -0.280. The highest BCUT2D eigenvalue weighted by Crippen LogP contribution is 2.33. The van der Waals surface area contributed by atoms with Crippen molar-refractivity contribution in [3.63, 3.8) is 0 Å². The lowest BCUT2D eigenvalue weighted by molar-refractivity contribution is -0.137. The average molecular weight is 418 g/mol. The summed E-state index contributed by atoms with van der Waals surface area (Å²) in [7, 11) is 0. The second kappa shape index (κ2) is 8.04. The van der Waals surface area contributed by atoms with Crippen molar-refractivity contribution in [3.05, 3.63) is 57.7 Å². The van der Waals surface area contributed by atoms with E-state index in [1.54, 1.807) is 24.3 Å². The quantitative estimate of drug-likeness (QED) is 0.690. The van der Waals surface area contributed by atoms with Gasteiger partial charge in [0.15, 0.2) is 5.78 Å². The number of anilines is 1. The number of pyridine rings is 1. The molecule has 3 rings (SSSR count). The van der Waals surface area contributed by atoms with Crippen LogP contribution in [0.25, 0.3) is 0 Å². The molecule has 0 radical (unpaired) electrons. The molecule has 1 saturated heterocycles. The van der Waals surface area contributed by atoms with Crippen LogP contribution in [0.5, 0.6) is 0 Å². The van der Waals surface area contributed by atoms with Crippen LogP contribution < -0.4 is 4.90 Å². The number of alkyl halides is 3. The topological polar surface area (TPSA) is 36.4 Å². The van der Waals surface area contributed by atoms with Crippen LogP contribution >= 0.6 is 23.2 Å². The minimum Gasteiger partial charge on any atom is -0.353 e. The third kappa shape index (κ3) is 4.91. The first kappa shape index (κ1) is 19.9. The summed E-state index contributed by atoms with van der Waals surface area (Å²) in [5, 5.41) is 0.539. The lowest BCUT2D eigenvalue weighted by Gasteiger charge is -2.35. The smallest absolute Gasteiger partial charge is 0.353 e. The zero-order valence-electron chi connectivity index (χ0n) is 14.1. The summed E-state index contributed by atoms with van der Waals surface area (Å²) in [5.74, 6) is 0.319. The zero-order chi connectivity index (χ0) is 19.6. The number of halogens is 5. The van der Waals surface area contributed by atoms with Crippen molar-refractivity contribution < 1.29 is 18.0 Å². The summed E-state index contributed by atoms with van der Waals surface area (Å²) in [6.45, 7) is 2.47. The Morgan fingerprint density at radius 3 is 2.26 bits per heavy atom. The molecule has 0 aliphatic carbocycles. The Kier molecular flexibility index (Phi) is 5.93. The SMILES string of the molecule is O=C(CN1CCN(c2ncc(C(F)(F)F)cc2Cl)CC1)c1ccc(Cl)cc1. The molecule has 0 amide bonds. The molecule has 4 nitrogen and oxygen atoms in total. The van der Waals surface area contributed by atoms with Gasteiger partial charge in [0.1, 0.15) is 5.82 Å². The second-order valence-electron chi connectivity index (χ2n) is 6.22. The van der Waals surface area contributed by atoms with Crippen LogP contribution in [-0.2, 0) is 6.18 Å². The van der Waals surface area contributed by atoms with E-state index in [9.17, 15) is 18.0 Å². The van der Waals surface area contributed by atoms with Crippen molar-refractivity contribution in [2.75, 3.05) is 37.6 Å². The highest BCUT2D eigenvalue weighted by atomic mass is 35.5. The molecule has 1 aliphatic rings. The van der Waals surface area contributed by atoms with Gasteiger partial charge in [-0.15, -0.1) is 0 Å². The van der Waals surface area contributed by atoms with Gasteiger partial charge in [0.25, 0.3) is 0 Å². The van der Waals surface area contributed by atoms with Crippen molar-refractivity contribution in [2.24, 2.45) is 0 Å². The highest BCUT2D eigenvalue weighted by Gasteiger charge is 2.32. The fourth-order valence-electron chi connectivity index (χ4n) is 2.87. The van der Waals surface area contributed by atoms with Crippen molar-refractivity contribution in [1.29, 1.82) is 0 Å². The summed E-state index contributed by atoms with van der Waals surface area (Å²) in [6.07, 6.45) is -3.69. The van der Waals surface area contributed by atoms with E-state index in [1.165, 1.54) is 0 Å². The first-order valence-electron chi connectivity index (χ1n) is 8.23. The fraction of sp³-hybridized carbons (Fsp3) is 0.333. The van der Waals surface area contributed by atoms with Gasteiger partial charge in [0.05, 0.1) is 17.1 Å². The molecule has 0 saturated carbocycles. The molecular formula is C18H16Cl2F3N3O. The van der Waals surface area contributed by atoms with Gasteiger partial charge >= 0.3 is 6.18 Å². The number of carbonyl (C=O) groups is 1. The van der Waals surface area contributed by atoms with Gasteiger partial charge < -0.3 is 4.90 Å². The number of Topliss-reactive ketones (excluding diaryl/α,β-unsaturated/α-hetero) is 1. The number of nitrogens with zero attached hydrogens (tertiary/aromatic N) is 3. The normalized spacial score (nSPS) is 15.8.